The Morgan fingerprint density at radius 1 is 1.36 bits per heavy atom. The summed E-state index contributed by atoms with van der Waals surface area (Å²) < 4.78 is 33.7. The first-order chi connectivity index (χ1) is 6.49. The number of esters is 1. The molecule has 6 heteroatoms. The van der Waals surface area contributed by atoms with Crippen LogP contribution < -0.4 is 0 Å². The second-order valence-electron chi connectivity index (χ2n) is 3.43. The van der Waals surface area contributed by atoms with Gasteiger partial charge in [-0.25, -0.2) is 0 Å². The van der Waals surface area contributed by atoms with Crippen LogP contribution in [0.1, 0.15) is 25.7 Å². The van der Waals surface area contributed by atoms with Gasteiger partial charge in [-0.05, 0) is 12.8 Å². The summed E-state index contributed by atoms with van der Waals surface area (Å²) in [6, 6.07) is 0. The van der Waals surface area contributed by atoms with Crippen molar-refractivity contribution in [2.45, 2.75) is 25.7 Å². The molecule has 0 atom stereocenters. The van der Waals surface area contributed by atoms with Crippen molar-refractivity contribution in [2.75, 3.05) is 12.4 Å². The molecule has 0 spiro atoms. The van der Waals surface area contributed by atoms with E-state index in [4.69, 9.17) is 9.29 Å². The van der Waals surface area contributed by atoms with E-state index in [1.54, 1.807) is 0 Å². The number of rotatable bonds is 4. The zero-order valence-corrected chi connectivity index (χ0v) is 8.62. The molecule has 0 aromatic rings. The molecule has 1 fully saturated rings. The van der Waals surface area contributed by atoms with Crippen LogP contribution in [0.4, 0.5) is 0 Å². The number of hydrogen-bond acceptors (Lipinski definition) is 4. The van der Waals surface area contributed by atoms with Crippen LogP contribution >= 0.6 is 0 Å². The summed E-state index contributed by atoms with van der Waals surface area (Å²) in [6.07, 6.45) is 3.70. The van der Waals surface area contributed by atoms with Crippen LogP contribution in [0.5, 0.6) is 0 Å². The normalized spacial score (nSPS) is 18.4. The Morgan fingerprint density at radius 2 is 1.93 bits per heavy atom. The van der Waals surface area contributed by atoms with E-state index in [2.05, 4.69) is 0 Å². The molecule has 0 saturated heterocycles. The topological polar surface area (TPSA) is 80.7 Å². The Kier molecular flexibility index (Phi) is 3.88. The molecule has 14 heavy (non-hydrogen) atoms. The minimum absolute atomic E-state index is 0.0728. The van der Waals surface area contributed by atoms with E-state index in [9.17, 15) is 13.2 Å². The van der Waals surface area contributed by atoms with Crippen molar-refractivity contribution in [1.82, 2.24) is 0 Å². The predicted octanol–water partition coefficient (Wildman–Crippen LogP) is 0.608. The highest BCUT2D eigenvalue weighted by molar-refractivity contribution is 7.85. The minimum atomic E-state index is -4.02. The molecule has 0 aromatic heterocycles. The highest BCUT2D eigenvalue weighted by Gasteiger charge is 2.24. The maximum atomic E-state index is 11.2. The first kappa shape index (κ1) is 11.5. The molecule has 0 heterocycles. The highest BCUT2D eigenvalue weighted by atomic mass is 32.2. The molecular weight excluding hydrogens is 208 g/mol. The van der Waals surface area contributed by atoms with Crippen molar-refractivity contribution in [2.24, 2.45) is 5.92 Å². The van der Waals surface area contributed by atoms with Crippen molar-refractivity contribution in [1.29, 1.82) is 0 Å². The fourth-order valence-corrected chi connectivity index (χ4v) is 1.82. The molecule has 0 unspecified atom stereocenters. The van der Waals surface area contributed by atoms with Gasteiger partial charge in [-0.2, -0.15) is 8.42 Å². The number of carbonyl (C=O) groups excluding carboxylic acids is 1. The molecule has 1 aliphatic rings. The van der Waals surface area contributed by atoms with Crippen molar-refractivity contribution in [3.8, 4) is 0 Å². The standard InChI is InChI=1S/C8H14O5S/c9-8(7-3-1-2-4-7)13-5-6-14(10,11)12/h7H,1-6H2,(H,10,11,12). The minimum Gasteiger partial charge on any atom is -0.464 e. The maximum Gasteiger partial charge on any atom is 0.308 e. The monoisotopic (exact) mass is 222 g/mol. The third kappa shape index (κ3) is 4.06. The number of carbonyl (C=O) groups is 1. The Bertz CT molecular complexity index is 289. The van der Waals surface area contributed by atoms with E-state index < -0.39 is 15.9 Å². The molecule has 0 bridgehead atoms. The van der Waals surface area contributed by atoms with Gasteiger partial charge in [0.2, 0.25) is 0 Å². The van der Waals surface area contributed by atoms with Gasteiger partial charge in [0.1, 0.15) is 12.4 Å². The predicted molar refractivity (Wildman–Crippen MR) is 49.3 cm³/mol. The smallest absolute Gasteiger partial charge is 0.308 e. The molecule has 0 radical (unpaired) electrons. The summed E-state index contributed by atoms with van der Waals surface area (Å²) >= 11 is 0. The molecule has 1 N–H and O–H groups in total. The Hall–Kier alpha value is -0.620. The van der Waals surface area contributed by atoms with Crippen LogP contribution in [-0.2, 0) is 19.6 Å². The quantitative estimate of drug-likeness (QED) is 0.556. The van der Waals surface area contributed by atoms with E-state index in [1.807, 2.05) is 0 Å². The lowest BCUT2D eigenvalue weighted by Gasteiger charge is -2.08. The zero-order chi connectivity index (χ0) is 10.6. The van der Waals surface area contributed by atoms with Crippen molar-refractivity contribution >= 4 is 16.1 Å². The molecule has 5 nitrogen and oxygen atoms in total. The second-order valence-corrected chi connectivity index (χ2v) is 5.01. The average Bonchev–Trinajstić information content (AvgIpc) is 2.53. The molecule has 1 saturated carbocycles. The largest absolute Gasteiger partial charge is 0.464 e. The molecule has 0 aliphatic heterocycles. The van der Waals surface area contributed by atoms with Crippen molar-refractivity contribution in [3.05, 3.63) is 0 Å². The number of hydrogen-bond donors (Lipinski definition) is 1. The molecule has 0 amide bonds. The lowest BCUT2D eigenvalue weighted by molar-refractivity contribution is -0.147. The van der Waals surface area contributed by atoms with Crippen LogP contribution in [0.2, 0.25) is 0 Å². The Morgan fingerprint density at radius 3 is 2.43 bits per heavy atom. The van der Waals surface area contributed by atoms with Gasteiger partial charge in [0.25, 0.3) is 10.1 Å². The van der Waals surface area contributed by atoms with E-state index in [0.717, 1.165) is 25.7 Å². The molecule has 1 rings (SSSR count). The van der Waals surface area contributed by atoms with E-state index in [-0.39, 0.29) is 18.5 Å². The summed E-state index contributed by atoms with van der Waals surface area (Å²) in [7, 11) is -4.02. The van der Waals surface area contributed by atoms with Crippen LogP contribution in [0.3, 0.4) is 0 Å². The van der Waals surface area contributed by atoms with Gasteiger partial charge in [0.15, 0.2) is 0 Å². The van der Waals surface area contributed by atoms with Gasteiger partial charge in [0.05, 0.1) is 5.92 Å². The lowest BCUT2D eigenvalue weighted by atomic mass is 10.1. The van der Waals surface area contributed by atoms with Crippen LogP contribution in [-0.4, -0.2) is 31.3 Å². The van der Waals surface area contributed by atoms with Gasteiger partial charge in [-0.3, -0.25) is 9.35 Å². The van der Waals surface area contributed by atoms with Gasteiger partial charge in [-0.1, -0.05) is 12.8 Å². The Labute approximate surface area is 83.2 Å². The van der Waals surface area contributed by atoms with Crippen molar-refractivity contribution < 1.29 is 22.5 Å². The maximum absolute atomic E-state index is 11.2. The Balaban J connectivity index is 2.21. The SMILES string of the molecule is O=C(OCCS(=O)(=O)O)C1CCCC1. The molecule has 82 valence electrons. The van der Waals surface area contributed by atoms with Gasteiger partial charge >= 0.3 is 5.97 Å². The third-order valence-electron chi connectivity index (χ3n) is 2.27. The highest BCUT2D eigenvalue weighted by Crippen LogP contribution is 2.25. The summed E-state index contributed by atoms with van der Waals surface area (Å²) in [4.78, 5) is 11.2. The molecule has 1 aliphatic carbocycles. The second kappa shape index (κ2) is 4.75. The summed E-state index contributed by atoms with van der Waals surface area (Å²) in [5.74, 6) is -0.937. The van der Waals surface area contributed by atoms with E-state index in [1.165, 1.54) is 0 Å². The fraction of sp³-hybridized carbons (Fsp3) is 0.875. The number of ether oxygens (including phenoxy) is 1. The molecular formula is C8H14O5S. The van der Waals surface area contributed by atoms with Gasteiger partial charge < -0.3 is 4.74 Å². The lowest BCUT2D eigenvalue weighted by Crippen LogP contribution is -2.19. The summed E-state index contributed by atoms with van der Waals surface area (Å²) in [5, 5.41) is 0. The first-order valence-electron chi connectivity index (χ1n) is 4.61. The van der Waals surface area contributed by atoms with E-state index >= 15 is 0 Å². The van der Waals surface area contributed by atoms with Crippen LogP contribution in [0.15, 0.2) is 0 Å². The molecule has 0 aromatic carbocycles. The first-order valence-corrected chi connectivity index (χ1v) is 6.22. The third-order valence-corrected chi connectivity index (χ3v) is 2.96. The van der Waals surface area contributed by atoms with Gasteiger partial charge in [-0.15, -0.1) is 0 Å². The summed E-state index contributed by atoms with van der Waals surface area (Å²) in [6.45, 7) is -0.256. The van der Waals surface area contributed by atoms with Crippen LogP contribution in [0.25, 0.3) is 0 Å². The fourth-order valence-electron chi connectivity index (χ4n) is 1.53. The average molecular weight is 222 g/mol. The van der Waals surface area contributed by atoms with Crippen LogP contribution in [0, 0.1) is 5.92 Å². The van der Waals surface area contributed by atoms with E-state index in [0.29, 0.717) is 0 Å². The zero-order valence-electron chi connectivity index (χ0n) is 7.81. The van der Waals surface area contributed by atoms with Gasteiger partial charge in [0, 0.05) is 0 Å². The summed E-state index contributed by atoms with van der Waals surface area (Å²) in [5.41, 5.74) is 0. The van der Waals surface area contributed by atoms with Crippen molar-refractivity contribution in [3.63, 3.8) is 0 Å².